The molecule has 0 N–H and O–H groups in total. The lowest BCUT2D eigenvalue weighted by Gasteiger charge is -2.04. The van der Waals surface area contributed by atoms with E-state index in [-0.39, 0.29) is 11.5 Å². The van der Waals surface area contributed by atoms with Crippen LogP contribution in [0.15, 0.2) is 17.5 Å². The molecular weight excluding hydrogens is 328 g/mol. The van der Waals surface area contributed by atoms with Gasteiger partial charge in [-0.25, -0.2) is 18.4 Å². The molecule has 0 aromatic carbocycles. The second-order valence-electron chi connectivity index (χ2n) is 5.32. The van der Waals surface area contributed by atoms with Gasteiger partial charge in [0.05, 0.1) is 27.9 Å². The quantitative estimate of drug-likeness (QED) is 0.775. The van der Waals surface area contributed by atoms with E-state index in [0.29, 0.717) is 22.5 Å². The van der Waals surface area contributed by atoms with Crippen molar-refractivity contribution in [3.63, 3.8) is 0 Å². The first-order valence-electron chi connectivity index (χ1n) is 6.53. The fourth-order valence-electron chi connectivity index (χ4n) is 1.92. The number of hydrogen-bond acceptors (Lipinski definition) is 5. The van der Waals surface area contributed by atoms with E-state index in [9.17, 15) is 8.42 Å². The molecule has 0 aliphatic carbocycles. The van der Waals surface area contributed by atoms with E-state index in [2.05, 4.69) is 9.97 Å². The topological polar surface area (TPSA) is 59.9 Å². The molecule has 0 unspecified atom stereocenters. The van der Waals surface area contributed by atoms with Gasteiger partial charge in [0.1, 0.15) is 5.15 Å². The zero-order valence-electron chi connectivity index (χ0n) is 12.1. The minimum absolute atomic E-state index is 0.0660. The van der Waals surface area contributed by atoms with E-state index in [1.807, 2.05) is 26.2 Å². The highest BCUT2D eigenvalue weighted by atomic mass is 35.5. The lowest BCUT2D eigenvalue weighted by Crippen LogP contribution is -2.09. The maximum absolute atomic E-state index is 12.3. The predicted molar refractivity (Wildman–Crippen MR) is 86.5 cm³/mol. The van der Waals surface area contributed by atoms with Crippen LogP contribution in [0, 0.1) is 6.92 Å². The van der Waals surface area contributed by atoms with Crippen molar-refractivity contribution in [3.8, 4) is 0 Å². The van der Waals surface area contributed by atoms with E-state index in [1.54, 1.807) is 12.1 Å². The Morgan fingerprint density at radius 1 is 1.19 bits per heavy atom. The Balaban J connectivity index is 2.14. The molecule has 0 aliphatic rings. The van der Waals surface area contributed by atoms with Gasteiger partial charge in [-0.2, -0.15) is 0 Å². The monoisotopic (exact) mass is 344 g/mol. The Morgan fingerprint density at radius 2 is 1.86 bits per heavy atom. The van der Waals surface area contributed by atoms with E-state index >= 15 is 0 Å². The van der Waals surface area contributed by atoms with Crippen molar-refractivity contribution in [1.29, 1.82) is 0 Å². The molecule has 0 spiro atoms. The standard InChI is InChI=1S/C14H17ClN2O2S2/c1-9(2)14-17-12(6-20-14)8-21(18,19)7-11-4-10(3)5-13(15)16-11/h4-6,9H,7-8H2,1-3H3. The van der Waals surface area contributed by atoms with E-state index in [0.717, 1.165) is 10.6 Å². The molecule has 0 saturated carbocycles. The highest BCUT2D eigenvalue weighted by Gasteiger charge is 2.17. The molecule has 7 heteroatoms. The highest BCUT2D eigenvalue weighted by Crippen LogP contribution is 2.21. The normalized spacial score (nSPS) is 12.0. The summed E-state index contributed by atoms with van der Waals surface area (Å²) in [6, 6.07) is 3.44. The van der Waals surface area contributed by atoms with Gasteiger partial charge in [-0.05, 0) is 24.6 Å². The summed E-state index contributed by atoms with van der Waals surface area (Å²) < 4.78 is 24.5. The fraction of sp³-hybridized carbons (Fsp3) is 0.429. The molecule has 0 aliphatic heterocycles. The van der Waals surface area contributed by atoms with Crippen molar-refractivity contribution in [1.82, 2.24) is 9.97 Å². The molecule has 4 nitrogen and oxygen atoms in total. The molecule has 0 fully saturated rings. The Kier molecular flexibility index (Phi) is 5.01. The third-order valence-corrected chi connectivity index (χ3v) is 5.65. The van der Waals surface area contributed by atoms with Crippen molar-refractivity contribution in [2.45, 2.75) is 38.2 Å². The van der Waals surface area contributed by atoms with Gasteiger partial charge in [0.25, 0.3) is 0 Å². The number of hydrogen-bond donors (Lipinski definition) is 0. The number of aryl methyl sites for hydroxylation is 1. The van der Waals surface area contributed by atoms with Crippen LogP contribution in [0.3, 0.4) is 0 Å². The zero-order valence-corrected chi connectivity index (χ0v) is 14.5. The van der Waals surface area contributed by atoms with Gasteiger partial charge in [-0.1, -0.05) is 25.4 Å². The smallest absolute Gasteiger partial charge is 0.161 e. The van der Waals surface area contributed by atoms with Gasteiger partial charge in [0, 0.05) is 11.3 Å². The average Bonchev–Trinajstić information content (AvgIpc) is 2.74. The van der Waals surface area contributed by atoms with E-state index in [1.165, 1.54) is 11.3 Å². The highest BCUT2D eigenvalue weighted by molar-refractivity contribution is 7.89. The average molecular weight is 345 g/mol. The van der Waals surface area contributed by atoms with Crippen LogP contribution in [-0.4, -0.2) is 18.4 Å². The van der Waals surface area contributed by atoms with Gasteiger partial charge < -0.3 is 0 Å². The lowest BCUT2D eigenvalue weighted by atomic mass is 10.2. The molecular formula is C14H17ClN2O2S2. The summed E-state index contributed by atoms with van der Waals surface area (Å²) in [6.07, 6.45) is 0. The van der Waals surface area contributed by atoms with Crippen LogP contribution in [0.5, 0.6) is 0 Å². The van der Waals surface area contributed by atoms with Crippen molar-refractivity contribution in [3.05, 3.63) is 44.6 Å². The van der Waals surface area contributed by atoms with Crippen LogP contribution in [0.2, 0.25) is 5.15 Å². The number of aromatic nitrogens is 2. The maximum atomic E-state index is 12.3. The van der Waals surface area contributed by atoms with E-state index < -0.39 is 9.84 Å². The van der Waals surface area contributed by atoms with Crippen molar-refractivity contribution in [2.24, 2.45) is 0 Å². The van der Waals surface area contributed by atoms with Crippen LogP contribution in [0.4, 0.5) is 0 Å². The second-order valence-corrected chi connectivity index (χ2v) is 8.66. The summed E-state index contributed by atoms with van der Waals surface area (Å²) in [5, 5.41) is 3.08. The third-order valence-electron chi connectivity index (χ3n) is 2.79. The number of thiazole rings is 1. The molecule has 21 heavy (non-hydrogen) atoms. The van der Waals surface area contributed by atoms with Gasteiger partial charge in [0.15, 0.2) is 9.84 Å². The summed E-state index contributed by atoms with van der Waals surface area (Å²) in [5.41, 5.74) is 1.97. The molecule has 114 valence electrons. The van der Waals surface area contributed by atoms with Gasteiger partial charge in [-0.15, -0.1) is 11.3 Å². The molecule has 0 amide bonds. The number of rotatable bonds is 5. The van der Waals surface area contributed by atoms with E-state index in [4.69, 9.17) is 11.6 Å². The molecule has 2 aromatic rings. The first-order chi connectivity index (χ1) is 9.75. The largest absolute Gasteiger partial charge is 0.245 e. The molecule has 0 atom stereocenters. The Bertz CT molecular complexity index is 719. The number of halogens is 1. The third kappa shape index (κ3) is 4.76. The van der Waals surface area contributed by atoms with Gasteiger partial charge in [0.2, 0.25) is 0 Å². The summed E-state index contributed by atoms with van der Waals surface area (Å²) in [4.78, 5) is 8.43. The second kappa shape index (κ2) is 6.42. The Labute approximate surface area is 134 Å². The molecule has 2 heterocycles. The first kappa shape index (κ1) is 16.4. The van der Waals surface area contributed by atoms with Crippen molar-refractivity contribution < 1.29 is 8.42 Å². The summed E-state index contributed by atoms with van der Waals surface area (Å²) in [5.74, 6) is 0.121. The zero-order chi connectivity index (χ0) is 15.6. The van der Waals surface area contributed by atoms with Crippen molar-refractivity contribution >= 4 is 32.8 Å². The fourth-order valence-corrected chi connectivity index (χ4v) is 4.44. The molecule has 0 saturated heterocycles. The molecule has 0 radical (unpaired) electrons. The molecule has 0 bridgehead atoms. The minimum Gasteiger partial charge on any atom is -0.245 e. The predicted octanol–water partition coefficient (Wildman–Crippen LogP) is 3.74. The van der Waals surface area contributed by atoms with Gasteiger partial charge >= 0.3 is 0 Å². The Hall–Kier alpha value is -0.980. The van der Waals surface area contributed by atoms with Crippen LogP contribution in [0.1, 0.15) is 41.7 Å². The molecule has 2 rings (SSSR count). The van der Waals surface area contributed by atoms with Gasteiger partial charge in [-0.3, -0.25) is 0 Å². The molecule has 2 aromatic heterocycles. The van der Waals surface area contributed by atoms with Crippen LogP contribution in [-0.2, 0) is 21.3 Å². The van der Waals surface area contributed by atoms with Crippen LogP contribution < -0.4 is 0 Å². The number of sulfone groups is 1. The summed E-state index contributed by atoms with van der Waals surface area (Å²) in [7, 11) is -3.31. The van der Waals surface area contributed by atoms with Crippen LogP contribution >= 0.6 is 22.9 Å². The van der Waals surface area contributed by atoms with Crippen molar-refractivity contribution in [2.75, 3.05) is 0 Å². The minimum atomic E-state index is -3.31. The summed E-state index contributed by atoms with van der Waals surface area (Å²) in [6.45, 7) is 5.94. The number of nitrogens with zero attached hydrogens (tertiary/aromatic N) is 2. The summed E-state index contributed by atoms with van der Waals surface area (Å²) >= 11 is 7.36. The lowest BCUT2D eigenvalue weighted by molar-refractivity contribution is 0.593. The Morgan fingerprint density at radius 3 is 2.43 bits per heavy atom. The maximum Gasteiger partial charge on any atom is 0.161 e. The first-order valence-corrected chi connectivity index (χ1v) is 9.61. The number of pyridine rings is 1. The van der Waals surface area contributed by atoms with Crippen LogP contribution in [0.25, 0.3) is 0 Å². The SMILES string of the molecule is Cc1cc(Cl)nc(CS(=O)(=O)Cc2csc(C(C)C)n2)c1.